The van der Waals surface area contributed by atoms with Gasteiger partial charge in [-0.2, -0.15) is 11.8 Å². The number of amides is 1. The topological polar surface area (TPSA) is 65.5 Å². The number of guanidine groups is 1. The molecule has 0 fully saturated rings. The number of aliphatic imine (C=N–C) groups is 1. The van der Waals surface area contributed by atoms with Crippen molar-refractivity contribution in [2.45, 2.75) is 45.4 Å². The molecule has 0 unspecified atom stereocenters. The first-order valence-electron chi connectivity index (χ1n) is 8.86. The second-order valence-corrected chi connectivity index (χ2v) is 7.98. The maximum absolute atomic E-state index is 12.1. The van der Waals surface area contributed by atoms with Crippen LogP contribution in [0.25, 0.3) is 0 Å². The zero-order valence-corrected chi connectivity index (χ0v) is 16.9. The summed E-state index contributed by atoms with van der Waals surface area (Å²) in [7, 11) is 0. The van der Waals surface area contributed by atoms with E-state index < -0.39 is 0 Å². The van der Waals surface area contributed by atoms with Crippen molar-refractivity contribution in [2.75, 3.05) is 25.9 Å². The van der Waals surface area contributed by atoms with Crippen LogP contribution in [0.4, 0.5) is 0 Å². The van der Waals surface area contributed by atoms with Gasteiger partial charge in [0, 0.05) is 29.9 Å². The second kappa shape index (κ2) is 11.0. The van der Waals surface area contributed by atoms with Gasteiger partial charge in [0.2, 0.25) is 0 Å². The third-order valence-corrected chi connectivity index (χ3v) is 4.97. The minimum absolute atomic E-state index is 0.0283. The number of nitrogens with one attached hydrogen (secondary N) is 3. The number of hydrogen-bond acceptors (Lipinski definition) is 3. The molecule has 0 aliphatic rings. The van der Waals surface area contributed by atoms with Crippen molar-refractivity contribution in [2.24, 2.45) is 4.99 Å². The largest absolute Gasteiger partial charge is 0.357 e. The fraction of sp³-hybridized carbons (Fsp3) is 0.579. The maximum atomic E-state index is 12.1. The molecule has 0 radical (unpaired) electrons. The molecule has 0 aromatic heterocycles. The van der Waals surface area contributed by atoms with Crippen molar-refractivity contribution in [1.29, 1.82) is 0 Å². The number of carbonyl (C=O) groups excluding carboxylic acids is 1. The molecule has 1 aromatic carbocycles. The summed E-state index contributed by atoms with van der Waals surface area (Å²) in [5.74, 6) is 0.768. The standard InChI is InChI=1S/C19H32N4OS/c1-6-11-21-17(24)16-10-8-9-15(12-16)13-22-18(20-7-2)23-14-19(3,4)25-5/h8-10,12H,6-7,11,13-14H2,1-5H3,(H,21,24)(H2,20,22,23). The van der Waals surface area contributed by atoms with E-state index in [0.717, 1.165) is 31.0 Å². The zero-order valence-electron chi connectivity index (χ0n) is 16.1. The highest BCUT2D eigenvalue weighted by atomic mass is 32.2. The van der Waals surface area contributed by atoms with Crippen molar-refractivity contribution in [1.82, 2.24) is 16.0 Å². The summed E-state index contributed by atoms with van der Waals surface area (Å²) < 4.78 is 0.146. The molecule has 140 valence electrons. The number of thioether (sulfide) groups is 1. The Morgan fingerprint density at radius 2 is 1.96 bits per heavy atom. The fourth-order valence-corrected chi connectivity index (χ4v) is 2.25. The van der Waals surface area contributed by atoms with Gasteiger partial charge in [-0.05, 0) is 51.1 Å². The SMILES string of the molecule is CCCNC(=O)c1cccc(CN=C(NCC)NCC(C)(C)SC)c1. The number of hydrogen-bond donors (Lipinski definition) is 3. The van der Waals surface area contributed by atoms with Crippen molar-refractivity contribution in [3.05, 3.63) is 35.4 Å². The molecule has 1 aromatic rings. The fourth-order valence-electron chi connectivity index (χ4n) is 2.03. The van der Waals surface area contributed by atoms with E-state index in [4.69, 9.17) is 0 Å². The highest BCUT2D eigenvalue weighted by Crippen LogP contribution is 2.19. The summed E-state index contributed by atoms with van der Waals surface area (Å²) in [5.41, 5.74) is 1.70. The lowest BCUT2D eigenvalue weighted by molar-refractivity contribution is 0.0953. The van der Waals surface area contributed by atoms with Gasteiger partial charge in [0.25, 0.3) is 5.91 Å². The normalized spacial score (nSPS) is 12.0. The van der Waals surface area contributed by atoms with Gasteiger partial charge in [-0.3, -0.25) is 4.79 Å². The Morgan fingerprint density at radius 3 is 2.60 bits per heavy atom. The first kappa shape index (κ1) is 21.4. The highest BCUT2D eigenvalue weighted by molar-refractivity contribution is 7.99. The van der Waals surface area contributed by atoms with Crippen LogP contribution in [0.2, 0.25) is 0 Å². The van der Waals surface area contributed by atoms with Crippen molar-refractivity contribution >= 4 is 23.6 Å². The number of carbonyl (C=O) groups is 1. The smallest absolute Gasteiger partial charge is 0.251 e. The average Bonchev–Trinajstić information content (AvgIpc) is 2.62. The Bertz CT molecular complexity index is 572. The minimum atomic E-state index is -0.0283. The molecule has 1 rings (SSSR count). The van der Waals surface area contributed by atoms with E-state index in [1.807, 2.05) is 43.0 Å². The molecule has 6 heteroatoms. The summed E-state index contributed by atoms with van der Waals surface area (Å²) in [6, 6.07) is 7.64. The van der Waals surface area contributed by atoms with Gasteiger partial charge in [0.15, 0.2) is 5.96 Å². The van der Waals surface area contributed by atoms with E-state index in [1.54, 1.807) is 0 Å². The summed E-state index contributed by atoms with van der Waals surface area (Å²) in [6.45, 7) is 11.4. The molecule has 5 nitrogen and oxygen atoms in total. The van der Waals surface area contributed by atoms with Gasteiger partial charge in [0.1, 0.15) is 0 Å². The molecular formula is C19H32N4OS. The van der Waals surface area contributed by atoms with Crippen LogP contribution in [0, 0.1) is 0 Å². The van der Waals surface area contributed by atoms with Gasteiger partial charge in [-0.25, -0.2) is 4.99 Å². The van der Waals surface area contributed by atoms with Gasteiger partial charge < -0.3 is 16.0 Å². The molecule has 25 heavy (non-hydrogen) atoms. The van der Waals surface area contributed by atoms with Gasteiger partial charge >= 0.3 is 0 Å². The van der Waals surface area contributed by atoms with Gasteiger partial charge in [-0.1, -0.05) is 19.1 Å². The van der Waals surface area contributed by atoms with E-state index >= 15 is 0 Å². The summed E-state index contributed by atoms with van der Waals surface area (Å²) >= 11 is 1.82. The predicted molar refractivity (Wildman–Crippen MR) is 109 cm³/mol. The lowest BCUT2D eigenvalue weighted by Gasteiger charge is -2.23. The lowest BCUT2D eigenvalue weighted by Crippen LogP contribution is -2.43. The predicted octanol–water partition coefficient (Wildman–Crippen LogP) is 3.02. The number of nitrogens with zero attached hydrogens (tertiary/aromatic N) is 1. The first-order chi connectivity index (χ1) is 11.9. The zero-order chi connectivity index (χ0) is 18.7. The molecule has 0 aliphatic carbocycles. The molecule has 0 aliphatic heterocycles. The first-order valence-corrected chi connectivity index (χ1v) is 10.1. The molecule has 3 N–H and O–H groups in total. The van der Waals surface area contributed by atoms with Gasteiger partial charge in [0.05, 0.1) is 6.54 Å². The molecule has 0 heterocycles. The summed E-state index contributed by atoms with van der Waals surface area (Å²) in [5, 5.41) is 9.55. The van der Waals surface area contributed by atoms with Crippen molar-refractivity contribution < 1.29 is 4.79 Å². The van der Waals surface area contributed by atoms with Crippen LogP contribution >= 0.6 is 11.8 Å². The number of benzene rings is 1. The third kappa shape index (κ3) is 8.29. The van der Waals surface area contributed by atoms with E-state index in [0.29, 0.717) is 18.7 Å². The van der Waals surface area contributed by atoms with Crippen LogP contribution in [0.1, 0.15) is 50.0 Å². The van der Waals surface area contributed by atoms with Crippen LogP contribution < -0.4 is 16.0 Å². The van der Waals surface area contributed by atoms with Gasteiger partial charge in [-0.15, -0.1) is 0 Å². The minimum Gasteiger partial charge on any atom is -0.357 e. The highest BCUT2D eigenvalue weighted by Gasteiger charge is 2.16. The monoisotopic (exact) mass is 364 g/mol. The van der Waals surface area contributed by atoms with Crippen LogP contribution in [-0.2, 0) is 6.54 Å². The maximum Gasteiger partial charge on any atom is 0.251 e. The van der Waals surface area contributed by atoms with E-state index in [2.05, 4.69) is 48.0 Å². The molecule has 0 saturated carbocycles. The van der Waals surface area contributed by atoms with E-state index in [9.17, 15) is 4.79 Å². The Labute approximate surface area is 156 Å². The molecule has 0 atom stereocenters. The van der Waals surface area contributed by atoms with Crippen LogP contribution in [-0.4, -0.2) is 42.5 Å². The summed E-state index contributed by atoms with van der Waals surface area (Å²) in [6.07, 6.45) is 3.04. The Hall–Kier alpha value is -1.69. The van der Waals surface area contributed by atoms with Crippen molar-refractivity contribution in [3.63, 3.8) is 0 Å². The molecule has 1 amide bonds. The second-order valence-electron chi connectivity index (χ2n) is 6.47. The third-order valence-electron chi connectivity index (χ3n) is 3.72. The Morgan fingerprint density at radius 1 is 1.20 bits per heavy atom. The van der Waals surface area contributed by atoms with E-state index in [1.165, 1.54) is 0 Å². The van der Waals surface area contributed by atoms with Crippen LogP contribution in [0.5, 0.6) is 0 Å². The quantitative estimate of drug-likeness (QED) is 0.465. The number of rotatable bonds is 9. The average molecular weight is 365 g/mol. The van der Waals surface area contributed by atoms with Crippen LogP contribution in [0.15, 0.2) is 29.3 Å². The molecular weight excluding hydrogens is 332 g/mol. The molecule has 0 bridgehead atoms. The molecule has 0 saturated heterocycles. The van der Waals surface area contributed by atoms with E-state index in [-0.39, 0.29) is 10.7 Å². The van der Waals surface area contributed by atoms with Crippen molar-refractivity contribution in [3.8, 4) is 0 Å². The Balaban J connectivity index is 2.73. The summed E-state index contributed by atoms with van der Waals surface area (Å²) in [4.78, 5) is 16.7. The lowest BCUT2D eigenvalue weighted by atomic mass is 10.1. The van der Waals surface area contributed by atoms with Crippen LogP contribution in [0.3, 0.4) is 0 Å². The Kier molecular flexibility index (Phi) is 9.42. The molecule has 0 spiro atoms.